The maximum absolute atomic E-state index is 11.9. The van der Waals surface area contributed by atoms with Gasteiger partial charge in [0.2, 0.25) is 5.91 Å². The van der Waals surface area contributed by atoms with E-state index in [4.69, 9.17) is 14.6 Å². The molecule has 126 valence electrons. The summed E-state index contributed by atoms with van der Waals surface area (Å²) in [6, 6.07) is 7.04. The summed E-state index contributed by atoms with van der Waals surface area (Å²) in [6.45, 7) is 2.07. The van der Waals surface area contributed by atoms with Crippen LogP contribution < -0.4 is 10.1 Å². The number of rotatable bonds is 8. The van der Waals surface area contributed by atoms with Gasteiger partial charge in [0, 0.05) is 13.0 Å². The molecule has 1 amide bonds. The van der Waals surface area contributed by atoms with Crippen molar-refractivity contribution >= 4 is 11.9 Å². The van der Waals surface area contributed by atoms with Gasteiger partial charge in [-0.2, -0.15) is 0 Å². The summed E-state index contributed by atoms with van der Waals surface area (Å²) in [6.07, 6.45) is 3.79. The maximum atomic E-state index is 11.9. The zero-order valence-electron chi connectivity index (χ0n) is 13.3. The highest BCUT2D eigenvalue weighted by Gasteiger charge is 2.22. The minimum Gasteiger partial charge on any atom is -0.482 e. The second-order valence-corrected chi connectivity index (χ2v) is 5.79. The fourth-order valence-electron chi connectivity index (χ4n) is 2.57. The molecule has 0 spiro atoms. The molecule has 1 aliphatic rings. The standard InChI is InChI=1S/C17H23NO5/c1-12-5-6-14(23-12)7-8-16(19)18-10-13-3-2-4-15(9-13)22-11-17(20)21/h2-4,9,12,14H,5-8,10-11H2,1H3,(H,18,19)(H,20,21)/t12-,14-/m1/s1. The van der Waals surface area contributed by atoms with Crippen molar-refractivity contribution in [2.75, 3.05) is 6.61 Å². The molecule has 1 saturated heterocycles. The minimum absolute atomic E-state index is 0.00925. The molecule has 0 unspecified atom stereocenters. The van der Waals surface area contributed by atoms with E-state index in [2.05, 4.69) is 12.2 Å². The molecule has 2 atom stereocenters. The van der Waals surface area contributed by atoms with Crippen molar-refractivity contribution in [1.29, 1.82) is 0 Å². The minimum atomic E-state index is -1.02. The Morgan fingerprint density at radius 3 is 2.91 bits per heavy atom. The number of hydrogen-bond acceptors (Lipinski definition) is 4. The molecule has 0 radical (unpaired) electrons. The molecule has 0 aromatic heterocycles. The molecule has 1 aromatic carbocycles. The Bertz CT molecular complexity index is 546. The van der Waals surface area contributed by atoms with Crippen LogP contribution in [0.3, 0.4) is 0 Å². The third-order valence-corrected chi connectivity index (χ3v) is 3.76. The zero-order chi connectivity index (χ0) is 16.7. The number of ether oxygens (including phenoxy) is 2. The van der Waals surface area contributed by atoms with Crippen molar-refractivity contribution in [2.45, 2.75) is 51.4 Å². The molecule has 2 rings (SSSR count). The molecule has 1 aromatic rings. The van der Waals surface area contributed by atoms with Gasteiger partial charge in [0.25, 0.3) is 0 Å². The summed E-state index contributed by atoms with van der Waals surface area (Å²) in [4.78, 5) is 22.4. The van der Waals surface area contributed by atoms with Crippen LogP contribution in [0.15, 0.2) is 24.3 Å². The number of carbonyl (C=O) groups excluding carboxylic acids is 1. The molecule has 6 heteroatoms. The second-order valence-electron chi connectivity index (χ2n) is 5.79. The number of carboxylic acids is 1. The third-order valence-electron chi connectivity index (χ3n) is 3.76. The van der Waals surface area contributed by atoms with Crippen molar-refractivity contribution in [3.8, 4) is 5.75 Å². The lowest BCUT2D eigenvalue weighted by molar-refractivity contribution is -0.139. The van der Waals surface area contributed by atoms with Gasteiger partial charge in [-0.05, 0) is 43.9 Å². The normalized spacial score (nSPS) is 20.2. The molecule has 0 bridgehead atoms. The van der Waals surface area contributed by atoms with Gasteiger partial charge in [-0.3, -0.25) is 4.79 Å². The predicted molar refractivity (Wildman–Crippen MR) is 84.2 cm³/mol. The van der Waals surface area contributed by atoms with Gasteiger partial charge in [-0.1, -0.05) is 12.1 Å². The summed E-state index contributed by atoms with van der Waals surface area (Å²) in [7, 11) is 0. The highest BCUT2D eigenvalue weighted by Crippen LogP contribution is 2.22. The molecule has 0 aliphatic carbocycles. The van der Waals surface area contributed by atoms with Crippen LogP contribution in [0.2, 0.25) is 0 Å². The Hall–Kier alpha value is -2.08. The van der Waals surface area contributed by atoms with E-state index in [1.54, 1.807) is 18.2 Å². The predicted octanol–water partition coefficient (Wildman–Crippen LogP) is 2.11. The van der Waals surface area contributed by atoms with Crippen LogP contribution in [-0.2, 0) is 20.9 Å². The van der Waals surface area contributed by atoms with Crippen LogP contribution in [0.25, 0.3) is 0 Å². The summed E-state index contributed by atoms with van der Waals surface area (Å²) in [5.74, 6) is -0.551. The van der Waals surface area contributed by atoms with Crippen LogP contribution in [0.5, 0.6) is 5.75 Å². The molecule has 1 heterocycles. The quantitative estimate of drug-likeness (QED) is 0.766. The van der Waals surface area contributed by atoms with Crippen LogP contribution in [-0.4, -0.2) is 35.8 Å². The van der Waals surface area contributed by atoms with E-state index in [0.717, 1.165) is 24.8 Å². The number of hydrogen-bond donors (Lipinski definition) is 2. The number of amides is 1. The van der Waals surface area contributed by atoms with Crippen molar-refractivity contribution < 1.29 is 24.2 Å². The first-order valence-corrected chi connectivity index (χ1v) is 7.88. The van der Waals surface area contributed by atoms with Gasteiger partial charge in [0.1, 0.15) is 5.75 Å². The van der Waals surface area contributed by atoms with Crippen molar-refractivity contribution in [3.05, 3.63) is 29.8 Å². The van der Waals surface area contributed by atoms with Gasteiger partial charge >= 0.3 is 5.97 Å². The summed E-state index contributed by atoms with van der Waals surface area (Å²) < 4.78 is 10.8. The van der Waals surface area contributed by atoms with E-state index in [1.807, 2.05) is 6.07 Å². The van der Waals surface area contributed by atoms with Crippen LogP contribution >= 0.6 is 0 Å². The van der Waals surface area contributed by atoms with Gasteiger partial charge < -0.3 is 19.9 Å². The highest BCUT2D eigenvalue weighted by molar-refractivity contribution is 5.75. The lowest BCUT2D eigenvalue weighted by atomic mass is 10.1. The fraction of sp³-hybridized carbons (Fsp3) is 0.529. The Labute approximate surface area is 135 Å². The SMILES string of the molecule is C[C@@H]1CC[C@H](CCC(=O)NCc2cccc(OCC(=O)O)c2)O1. The van der Waals surface area contributed by atoms with Crippen LogP contribution in [0, 0.1) is 0 Å². The van der Waals surface area contributed by atoms with Gasteiger partial charge in [0.15, 0.2) is 6.61 Å². The van der Waals surface area contributed by atoms with Crippen molar-refractivity contribution in [3.63, 3.8) is 0 Å². The molecule has 6 nitrogen and oxygen atoms in total. The van der Waals surface area contributed by atoms with Gasteiger partial charge in [-0.15, -0.1) is 0 Å². The van der Waals surface area contributed by atoms with Crippen molar-refractivity contribution in [2.24, 2.45) is 0 Å². The fourth-order valence-corrected chi connectivity index (χ4v) is 2.57. The first kappa shape index (κ1) is 17.3. The largest absolute Gasteiger partial charge is 0.482 e. The topological polar surface area (TPSA) is 84.9 Å². The van der Waals surface area contributed by atoms with Crippen molar-refractivity contribution in [1.82, 2.24) is 5.32 Å². The van der Waals surface area contributed by atoms with E-state index in [-0.39, 0.29) is 18.6 Å². The Kier molecular flexibility index (Phi) is 6.40. The Morgan fingerprint density at radius 2 is 2.22 bits per heavy atom. The molecule has 1 aliphatic heterocycles. The summed E-state index contributed by atoms with van der Waals surface area (Å²) >= 11 is 0. The number of nitrogens with one attached hydrogen (secondary N) is 1. The lowest BCUT2D eigenvalue weighted by Gasteiger charge is -2.11. The number of benzene rings is 1. The average molecular weight is 321 g/mol. The van der Waals surface area contributed by atoms with Crippen LogP contribution in [0.4, 0.5) is 0 Å². The maximum Gasteiger partial charge on any atom is 0.341 e. The number of carboxylic acid groups (broad SMARTS) is 1. The second kappa shape index (κ2) is 8.53. The molecule has 2 N–H and O–H groups in total. The van der Waals surface area contributed by atoms with E-state index in [1.165, 1.54) is 0 Å². The summed E-state index contributed by atoms with van der Waals surface area (Å²) in [5.41, 5.74) is 0.868. The first-order valence-electron chi connectivity index (χ1n) is 7.88. The van der Waals surface area contributed by atoms with E-state index in [9.17, 15) is 9.59 Å². The Balaban J connectivity index is 1.71. The highest BCUT2D eigenvalue weighted by atomic mass is 16.5. The number of aliphatic carboxylic acids is 1. The van der Waals surface area contributed by atoms with Crippen LogP contribution in [0.1, 0.15) is 38.2 Å². The average Bonchev–Trinajstić information content (AvgIpc) is 2.95. The Morgan fingerprint density at radius 1 is 1.39 bits per heavy atom. The first-order chi connectivity index (χ1) is 11.0. The molecule has 0 saturated carbocycles. The monoisotopic (exact) mass is 321 g/mol. The molecule has 23 heavy (non-hydrogen) atoms. The zero-order valence-corrected chi connectivity index (χ0v) is 13.3. The summed E-state index contributed by atoms with van der Waals surface area (Å²) in [5, 5.41) is 11.5. The molecular formula is C17H23NO5. The molecular weight excluding hydrogens is 298 g/mol. The third kappa shape index (κ3) is 6.28. The van der Waals surface area contributed by atoms with E-state index >= 15 is 0 Å². The molecule has 1 fully saturated rings. The van der Waals surface area contributed by atoms with Gasteiger partial charge in [0.05, 0.1) is 12.2 Å². The van der Waals surface area contributed by atoms with E-state index < -0.39 is 5.97 Å². The van der Waals surface area contributed by atoms with Gasteiger partial charge in [-0.25, -0.2) is 4.79 Å². The lowest BCUT2D eigenvalue weighted by Crippen LogP contribution is -2.24. The number of carbonyl (C=O) groups is 2. The smallest absolute Gasteiger partial charge is 0.341 e. The van der Waals surface area contributed by atoms with E-state index in [0.29, 0.717) is 24.8 Å².